The predicted octanol–water partition coefficient (Wildman–Crippen LogP) is 7.65. The molecule has 4 rings (SSSR count). The van der Waals surface area contributed by atoms with E-state index in [0.29, 0.717) is 11.3 Å². The van der Waals surface area contributed by atoms with Gasteiger partial charge in [0, 0.05) is 0 Å². The molecule has 31 heavy (non-hydrogen) atoms. The molecule has 0 aliphatic rings. The average Bonchev–Trinajstić information content (AvgIpc) is 2.80. The van der Waals surface area contributed by atoms with Crippen LogP contribution in [0.25, 0.3) is 27.1 Å². The van der Waals surface area contributed by atoms with Gasteiger partial charge < -0.3 is 0 Å². The van der Waals surface area contributed by atoms with Gasteiger partial charge in [0.1, 0.15) is 0 Å². The Hall–Kier alpha value is -4.14. The van der Waals surface area contributed by atoms with E-state index < -0.39 is 0 Å². The highest BCUT2D eigenvalue weighted by atomic mass is 14.6. The highest BCUT2D eigenvalue weighted by molar-refractivity contribution is 5.70. The minimum absolute atomic E-state index is 0.665. The van der Waals surface area contributed by atoms with Gasteiger partial charge in [-0.25, -0.2) is 4.85 Å². The van der Waals surface area contributed by atoms with Gasteiger partial charge in [-0.2, -0.15) is 5.26 Å². The lowest BCUT2D eigenvalue weighted by Gasteiger charge is -2.12. The Morgan fingerprint density at radius 3 is 1.61 bits per heavy atom. The third-order valence-electron chi connectivity index (χ3n) is 5.62. The van der Waals surface area contributed by atoms with Crippen LogP contribution in [0.15, 0.2) is 84.9 Å². The number of benzene rings is 4. The molecule has 0 aliphatic carbocycles. The maximum Gasteiger partial charge on any atom is 0.187 e. The SMILES string of the molecule is [C-]#[N+]c1ccc(-c2ccc(Cc3ccc(-c4ccc(C#N)cc4)c(C)c3)cc2C)cc1. The van der Waals surface area contributed by atoms with E-state index >= 15 is 0 Å². The van der Waals surface area contributed by atoms with Crippen LogP contribution in [-0.2, 0) is 6.42 Å². The first-order chi connectivity index (χ1) is 15.1. The maximum atomic E-state index is 8.99. The van der Waals surface area contributed by atoms with E-state index in [-0.39, 0.29) is 0 Å². The standard InChI is InChI=1S/C29H22N2/c1-20-16-23(6-14-28(20)25-8-4-22(19-30)5-9-25)18-24-7-15-29(21(2)17-24)26-10-12-27(31-3)13-11-26/h4-17H,18H2,1-2H3. The number of nitriles is 1. The van der Waals surface area contributed by atoms with Crippen LogP contribution in [-0.4, -0.2) is 0 Å². The topological polar surface area (TPSA) is 28.1 Å². The molecule has 0 radical (unpaired) electrons. The summed E-state index contributed by atoms with van der Waals surface area (Å²) >= 11 is 0. The fourth-order valence-corrected chi connectivity index (χ4v) is 3.99. The van der Waals surface area contributed by atoms with Gasteiger partial charge >= 0.3 is 0 Å². The van der Waals surface area contributed by atoms with Crippen molar-refractivity contribution >= 4 is 5.69 Å². The Kier molecular flexibility index (Phi) is 5.65. The second-order valence-corrected chi connectivity index (χ2v) is 7.82. The lowest BCUT2D eigenvalue weighted by atomic mass is 9.93. The number of aryl methyl sites for hydroxylation is 2. The molecule has 0 heterocycles. The van der Waals surface area contributed by atoms with Gasteiger partial charge in [0.05, 0.1) is 18.2 Å². The van der Waals surface area contributed by atoms with Crippen molar-refractivity contribution < 1.29 is 0 Å². The Balaban J connectivity index is 1.55. The second-order valence-electron chi connectivity index (χ2n) is 7.82. The van der Waals surface area contributed by atoms with Crippen LogP contribution >= 0.6 is 0 Å². The first-order valence-electron chi connectivity index (χ1n) is 10.2. The van der Waals surface area contributed by atoms with Crippen LogP contribution in [0.4, 0.5) is 5.69 Å². The van der Waals surface area contributed by atoms with Crippen molar-refractivity contribution in [3.63, 3.8) is 0 Å². The van der Waals surface area contributed by atoms with Crippen LogP contribution in [0.3, 0.4) is 0 Å². The molecule has 4 aromatic carbocycles. The molecule has 0 fully saturated rings. The lowest BCUT2D eigenvalue weighted by Crippen LogP contribution is -1.93. The van der Waals surface area contributed by atoms with Gasteiger partial charge in [-0.1, -0.05) is 72.8 Å². The first kappa shape index (κ1) is 20.1. The number of hydrogen-bond donors (Lipinski definition) is 0. The molecule has 148 valence electrons. The maximum absolute atomic E-state index is 8.99. The molecule has 0 N–H and O–H groups in total. The highest BCUT2D eigenvalue weighted by Crippen LogP contribution is 2.29. The Bertz CT molecular complexity index is 1210. The number of rotatable bonds is 4. The minimum atomic E-state index is 0.665. The van der Waals surface area contributed by atoms with Crippen molar-refractivity contribution in [1.29, 1.82) is 5.26 Å². The van der Waals surface area contributed by atoms with E-state index in [0.717, 1.165) is 17.5 Å². The number of nitrogens with zero attached hydrogens (tertiary/aromatic N) is 2. The van der Waals surface area contributed by atoms with E-state index in [2.05, 4.69) is 61.2 Å². The third kappa shape index (κ3) is 4.40. The zero-order valence-corrected chi connectivity index (χ0v) is 17.7. The van der Waals surface area contributed by atoms with Crippen molar-refractivity contribution in [1.82, 2.24) is 0 Å². The van der Waals surface area contributed by atoms with Gasteiger partial charge in [0.2, 0.25) is 0 Å². The molecule has 0 saturated carbocycles. The summed E-state index contributed by atoms with van der Waals surface area (Å²) < 4.78 is 0. The molecule has 0 saturated heterocycles. The van der Waals surface area contributed by atoms with E-state index in [9.17, 15) is 0 Å². The van der Waals surface area contributed by atoms with Crippen molar-refractivity contribution in [3.8, 4) is 28.3 Å². The Morgan fingerprint density at radius 2 is 1.19 bits per heavy atom. The van der Waals surface area contributed by atoms with Crippen LogP contribution in [0.2, 0.25) is 0 Å². The highest BCUT2D eigenvalue weighted by Gasteiger charge is 2.07. The molecule has 2 heteroatoms. The van der Waals surface area contributed by atoms with Gasteiger partial charge in [-0.05, 0) is 76.9 Å². The summed E-state index contributed by atoms with van der Waals surface area (Å²) in [5.74, 6) is 0. The molecule has 4 aromatic rings. The van der Waals surface area contributed by atoms with Crippen LogP contribution in [0.1, 0.15) is 27.8 Å². The summed E-state index contributed by atoms with van der Waals surface area (Å²) in [6.07, 6.45) is 0.881. The molecule has 0 atom stereocenters. The summed E-state index contributed by atoms with van der Waals surface area (Å²) in [6.45, 7) is 11.4. The molecule has 0 unspecified atom stereocenters. The zero-order chi connectivity index (χ0) is 21.8. The van der Waals surface area contributed by atoms with E-state index in [1.54, 1.807) is 0 Å². The normalized spacial score (nSPS) is 10.3. The molecular weight excluding hydrogens is 376 g/mol. The van der Waals surface area contributed by atoms with Crippen LogP contribution in [0.5, 0.6) is 0 Å². The molecule has 0 aromatic heterocycles. The zero-order valence-electron chi connectivity index (χ0n) is 17.7. The van der Waals surface area contributed by atoms with Crippen molar-refractivity contribution in [2.45, 2.75) is 20.3 Å². The molecule has 0 amide bonds. The third-order valence-corrected chi connectivity index (χ3v) is 5.62. The fraction of sp³-hybridized carbons (Fsp3) is 0.103. The Morgan fingerprint density at radius 1 is 0.710 bits per heavy atom. The second kappa shape index (κ2) is 8.70. The van der Waals surface area contributed by atoms with Gasteiger partial charge in [0.25, 0.3) is 0 Å². The molecule has 0 bridgehead atoms. The molecular formula is C29H22N2. The minimum Gasteiger partial charge on any atom is -0.238 e. The lowest BCUT2D eigenvalue weighted by molar-refractivity contribution is 1.17. The van der Waals surface area contributed by atoms with Crippen LogP contribution in [0, 0.1) is 31.8 Å². The van der Waals surface area contributed by atoms with Crippen molar-refractivity contribution in [3.05, 3.63) is 124 Å². The first-order valence-corrected chi connectivity index (χ1v) is 10.2. The summed E-state index contributed by atoms with van der Waals surface area (Å²) in [4.78, 5) is 3.47. The van der Waals surface area contributed by atoms with Gasteiger partial charge in [0.15, 0.2) is 5.69 Å². The molecule has 0 aliphatic heterocycles. The van der Waals surface area contributed by atoms with Gasteiger partial charge in [-0.3, -0.25) is 0 Å². The average molecular weight is 399 g/mol. The number of hydrogen-bond acceptors (Lipinski definition) is 1. The summed E-state index contributed by atoms with van der Waals surface area (Å²) in [6, 6.07) is 30.9. The fourth-order valence-electron chi connectivity index (χ4n) is 3.99. The van der Waals surface area contributed by atoms with Crippen molar-refractivity contribution in [2.24, 2.45) is 0 Å². The summed E-state index contributed by atoms with van der Waals surface area (Å²) in [5.41, 5.74) is 11.0. The summed E-state index contributed by atoms with van der Waals surface area (Å²) in [5, 5.41) is 8.99. The van der Waals surface area contributed by atoms with Crippen LogP contribution < -0.4 is 0 Å². The van der Waals surface area contributed by atoms with Gasteiger partial charge in [-0.15, -0.1) is 0 Å². The monoisotopic (exact) mass is 398 g/mol. The van der Waals surface area contributed by atoms with E-state index in [1.165, 1.54) is 33.4 Å². The molecule has 2 nitrogen and oxygen atoms in total. The quantitative estimate of drug-likeness (QED) is 0.324. The van der Waals surface area contributed by atoms with Crippen molar-refractivity contribution in [2.75, 3.05) is 0 Å². The smallest absolute Gasteiger partial charge is 0.187 e. The Labute approximate surface area is 183 Å². The predicted molar refractivity (Wildman–Crippen MR) is 127 cm³/mol. The largest absolute Gasteiger partial charge is 0.238 e. The molecule has 0 spiro atoms. The van der Waals surface area contributed by atoms with E-state index in [4.69, 9.17) is 11.8 Å². The summed E-state index contributed by atoms with van der Waals surface area (Å²) in [7, 11) is 0. The van der Waals surface area contributed by atoms with E-state index in [1.807, 2.05) is 48.5 Å².